The van der Waals surface area contributed by atoms with Crippen LogP contribution in [0.3, 0.4) is 0 Å². The molecule has 0 spiro atoms. The smallest absolute Gasteiger partial charge is 0.416 e. The molecule has 2 heterocycles. The Bertz CT molecular complexity index is 1350. The fourth-order valence-corrected chi connectivity index (χ4v) is 3.54. The van der Waals surface area contributed by atoms with E-state index in [-0.39, 0.29) is 29.8 Å². The lowest BCUT2D eigenvalue weighted by molar-refractivity contribution is -0.137. The van der Waals surface area contributed by atoms with Crippen LogP contribution in [0.15, 0.2) is 47.3 Å². The van der Waals surface area contributed by atoms with E-state index in [1.807, 2.05) is 24.9 Å². The maximum absolute atomic E-state index is 13.6. The Labute approximate surface area is 191 Å². The van der Waals surface area contributed by atoms with Gasteiger partial charge >= 0.3 is 11.9 Å². The molecule has 0 saturated carbocycles. The van der Waals surface area contributed by atoms with Gasteiger partial charge < -0.3 is 14.4 Å². The molecule has 0 bridgehead atoms. The van der Waals surface area contributed by atoms with E-state index >= 15 is 0 Å². The second-order valence-electron chi connectivity index (χ2n) is 7.81. The number of alkyl halides is 3. The lowest BCUT2D eigenvalue weighted by Gasteiger charge is -2.16. The monoisotopic (exact) mass is 474 g/mol. The van der Waals surface area contributed by atoms with Gasteiger partial charge in [-0.1, -0.05) is 6.07 Å². The summed E-state index contributed by atoms with van der Waals surface area (Å²) in [5, 5.41) is 9.45. The van der Waals surface area contributed by atoms with Gasteiger partial charge in [0, 0.05) is 31.8 Å². The zero-order valence-electron chi connectivity index (χ0n) is 18.1. The molecule has 3 aromatic rings. The molecule has 4 rings (SSSR count). The zero-order valence-corrected chi connectivity index (χ0v) is 18.1. The summed E-state index contributed by atoms with van der Waals surface area (Å²) >= 11 is 0. The lowest BCUT2D eigenvalue weighted by Crippen LogP contribution is -2.23. The SMILES string of the molecule is CC1Cn2c(cc(OCc3ccc(Oc4cc(F)cc(C(F)(F)F)c4)c(C#N)c3)nc2=O)N1C. The van der Waals surface area contributed by atoms with Crippen molar-refractivity contribution in [3.63, 3.8) is 0 Å². The van der Waals surface area contributed by atoms with Gasteiger partial charge in [0.2, 0.25) is 5.88 Å². The van der Waals surface area contributed by atoms with Gasteiger partial charge in [-0.3, -0.25) is 4.57 Å². The van der Waals surface area contributed by atoms with Crippen molar-refractivity contribution in [1.82, 2.24) is 9.55 Å². The van der Waals surface area contributed by atoms with Crippen LogP contribution >= 0.6 is 0 Å². The Morgan fingerprint density at radius 1 is 1.21 bits per heavy atom. The van der Waals surface area contributed by atoms with Crippen molar-refractivity contribution in [3.05, 3.63) is 75.5 Å². The van der Waals surface area contributed by atoms with Crippen LogP contribution in [0.25, 0.3) is 0 Å². The second kappa shape index (κ2) is 8.70. The molecule has 0 fully saturated rings. The summed E-state index contributed by atoms with van der Waals surface area (Å²) in [6, 6.07) is 9.82. The molecule has 0 aliphatic carbocycles. The van der Waals surface area contributed by atoms with Crippen LogP contribution in [0.4, 0.5) is 23.4 Å². The summed E-state index contributed by atoms with van der Waals surface area (Å²) in [6.07, 6.45) is -4.75. The molecule has 0 radical (unpaired) electrons. The Morgan fingerprint density at radius 2 is 1.97 bits per heavy atom. The highest BCUT2D eigenvalue weighted by Gasteiger charge is 2.32. The van der Waals surface area contributed by atoms with Crippen molar-refractivity contribution in [3.8, 4) is 23.4 Å². The predicted octanol–water partition coefficient (Wildman–Crippen LogP) is 4.48. The van der Waals surface area contributed by atoms with E-state index in [0.717, 1.165) is 6.07 Å². The number of nitriles is 1. The van der Waals surface area contributed by atoms with Crippen molar-refractivity contribution >= 4 is 5.82 Å². The van der Waals surface area contributed by atoms with Crippen molar-refractivity contribution < 1.29 is 27.0 Å². The van der Waals surface area contributed by atoms with E-state index in [9.17, 15) is 27.6 Å². The third-order valence-electron chi connectivity index (χ3n) is 5.41. The average molecular weight is 474 g/mol. The number of ether oxygens (including phenoxy) is 2. The van der Waals surface area contributed by atoms with Crippen LogP contribution in [-0.2, 0) is 19.3 Å². The van der Waals surface area contributed by atoms with Crippen LogP contribution < -0.4 is 20.1 Å². The number of hydrogen-bond acceptors (Lipinski definition) is 6. The number of anilines is 1. The molecule has 1 unspecified atom stereocenters. The first-order valence-electron chi connectivity index (χ1n) is 10.1. The highest BCUT2D eigenvalue weighted by molar-refractivity contribution is 5.48. The number of nitrogens with zero attached hydrogens (tertiary/aromatic N) is 4. The number of fused-ring (bicyclic) bond motifs is 1. The quantitative estimate of drug-likeness (QED) is 0.508. The summed E-state index contributed by atoms with van der Waals surface area (Å²) in [4.78, 5) is 18.1. The highest BCUT2D eigenvalue weighted by Crippen LogP contribution is 2.34. The molecule has 34 heavy (non-hydrogen) atoms. The molecular weight excluding hydrogens is 456 g/mol. The number of halogens is 4. The minimum absolute atomic E-state index is 0.00876. The average Bonchev–Trinajstić information content (AvgIpc) is 3.06. The number of hydrogen-bond donors (Lipinski definition) is 0. The number of likely N-dealkylation sites (N-methyl/N-ethyl adjacent to an activating group) is 1. The van der Waals surface area contributed by atoms with Crippen molar-refractivity contribution in [2.24, 2.45) is 0 Å². The number of benzene rings is 2. The molecule has 1 atom stereocenters. The van der Waals surface area contributed by atoms with Crippen LogP contribution in [0, 0.1) is 17.1 Å². The van der Waals surface area contributed by atoms with E-state index in [1.54, 1.807) is 10.6 Å². The largest absolute Gasteiger partial charge is 0.473 e. The van der Waals surface area contributed by atoms with Gasteiger partial charge in [0.05, 0.1) is 11.1 Å². The highest BCUT2D eigenvalue weighted by atomic mass is 19.4. The molecule has 7 nitrogen and oxygen atoms in total. The second-order valence-corrected chi connectivity index (χ2v) is 7.81. The molecule has 176 valence electrons. The summed E-state index contributed by atoms with van der Waals surface area (Å²) < 4.78 is 65.0. The third kappa shape index (κ3) is 4.66. The first-order chi connectivity index (χ1) is 16.0. The minimum Gasteiger partial charge on any atom is -0.473 e. The first kappa shape index (κ1) is 23.1. The molecule has 1 aromatic heterocycles. The predicted molar refractivity (Wildman–Crippen MR) is 113 cm³/mol. The third-order valence-corrected chi connectivity index (χ3v) is 5.41. The Balaban J connectivity index is 1.52. The summed E-state index contributed by atoms with van der Waals surface area (Å²) in [6.45, 7) is 2.48. The summed E-state index contributed by atoms with van der Waals surface area (Å²) in [5.74, 6) is -0.762. The normalized spacial score (nSPS) is 15.1. The lowest BCUT2D eigenvalue weighted by atomic mass is 10.1. The van der Waals surface area contributed by atoms with Gasteiger partial charge in [-0.15, -0.1) is 0 Å². The van der Waals surface area contributed by atoms with E-state index in [0.29, 0.717) is 30.1 Å². The summed E-state index contributed by atoms with van der Waals surface area (Å²) in [7, 11) is 1.86. The maximum Gasteiger partial charge on any atom is 0.416 e. The van der Waals surface area contributed by atoms with Crippen molar-refractivity contribution in [2.45, 2.75) is 32.3 Å². The van der Waals surface area contributed by atoms with Gasteiger partial charge in [0.25, 0.3) is 0 Å². The van der Waals surface area contributed by atoms with E-state index < -0.39 is 29.0 Å². The van der Waals surface area contributed by atoms with Crippen molar-refractivity contribution in [1.29, 1.82) is 5.26 Å². The minimum atomic E-state index is -4.75. The van der Waals surface area contributed by atoms with Gasteiger partial charge in [-0.25, -0.2) is 9.18 Å². The van der Waals surface area contributed by atoms with Gasteiger partial charge in [-0.2, -0.15) is 23.4 Å². The fourth-order valence-electron chi connectivity index (χ4n) is 3.54. The Kier molecular flexibility index (Phi) is 5.91. The molecular formula is C23H18F4N4O3. The van der Waals surface area contributed by atoms with Crippen LogP contribution in [0.5, 0.6) is 17.4 Å². The molecule has 1 aliphatic heterocycles. The van der Waals surface area contributed by atoms with E-state index in [4.69, 9.17) is 9.47 Å². The molecule has 11 heteroatoms. The summed E-state index contributed by atoms with van der Waals surface area (Å²) in [5.41, 5.74) is -1.10. The zero-order chi connectivity index (χ0) is 24.6. The number of aromatic nitrogens is 2. The van der Waals surface area contributed by atoms with Crippen LogP contribution in [-0.4, -0.2) is 22.6 Å². The van der Waals surface area contributed by atoms with Crippen molar-refractivity contribution in [2.75, 3.05) is 11.9 Å². The first-order valence-corrected chi connectivity index (χ1v) is 10.1. The molecule has 1 aliphatic rings. The van der Waals surface area contributed by atoms with Gasteiger partial charge in [0.1, 0.15) is 35.8 Å². The maximum atomic E-state index is 13.6. The molecule has 0 saturated heterocycles. The van der Waals surface area contributed by atoms with Crippen LogP contribution in [0.1, 0.15) is 23.6 Å². The number of rotatable bonds is 5. The molecule has 0 N–H and O–H groups in total. The van der Waals surface area contributed by atoms with Gasteiger partial charge in [-0.05, 0) is 36.8 Å². The van der Waals surface area contributed by atoms with Crippen LogP contribution in [0.2, 0.25) is 0 Å². The topological polar surface area (TPSA) is 80.4 Å². The fraction of sp³-hybridized carbons (Fsp3) is 0.261. The van der Waals surface area contributed by atoms with Gasteiger partial charge in [0.15, 0.2) is 0 Å². The Hall–Kier alpha value is -4.07. The standard InChI is InChI=1S/C23H18F4N4O3/c1-13-11-31-21(30(13)2)9-20(29-22(31)32)33-12-14-3-4-19(15(5-14)10-28)34-18-7-16(23(25,26)27)6-17(24)8-18/h3-9,13H,11-12H2,1-2H3. The van der Waals surface area contributed by atoms with E-state index in [2.05, 4.69) is 4.98 Å². The Morgan fingerprint density at radius 3 is 2.68 bits per heavy atom. The molecule has 0 amide bonds. The molecule has 2 aromatic carbocycles. The van der Waals surface area contributed by atoms with E-state index in [1.165, 1.54) is 18.2 Å².